The molecule has 0 saturated heterocycles. The van der Waals surface area contributed by atoms with Crippen molar-refractivity contribution in [1.29, 1.82) is 0 Å². The fourth-order valence-electron chi connectivity index (χ4n) is 3.11. The highest BCUT2D eigenvalue weighted by Crippen LogP contribution is 2.39. The Morgan fingerprint density at radius 1 is 1.00 bits per heavy atom. The Morgan fingerprint density at radius 3 is 2.48 bits per heavy atom. The molecule has 2 aromatic carbocycles. The molecular formula is C19H23NO. The van der Waals surface area contributed by atoms with Gasteiger partial charge in [0.1, 0.15) is 5.75 Å². The van der Waals surface area contributed by atoms with Crippen molar-refractivity contribution in [3.8, 4) is 5.75 Å². The van der Waals surface area contributed by atoms with E-state index in [-0.39, 0.29) is 0 Å². The van der Waals surface area contributed by atoms with Crippen LogP contribution in [0.4, 0.5) is 5.69 Å². The van der Waals surface area contributed by atoms with Crippen LogP contribution in [0.25, 0.3) is 0 Å². The van der Waals surface area contributed by atoms with Gasteiger partial charge in [0.25, 0.3) is 0 Å². The number of aryl methyl sites for hydroxylation is 3. The van der Waals surface area contributed by atoms with Crippen molar-refractivity contribution in [3.05, 3.63) is 58.7 Å². The smallest absolute Gasteiger partial charge is 0.118 e. The number of phenolic OH excluding ortho intramolecular Hbond substituents is 1. The van der Waals surface area contributed by atoms with E-state index in [2.05, 4.69) is 36.5 Å². The average Bonchev–Trinajstić information content (AvgIpc) is 2.39. The first-order chi connectivity index (χ1) is 10.0. The summed E-state index contributed by atoms with van der Waals surface area (Å²) in [6, 6.07) is 13.3. The zero-order valence-corrected chi connectivity index (χ0v) is 13.0. The van der Waals surface area contributed by atoms with Crippen LogP contribution < -0.4 is 5.32 Å². The van der Waals surface area contributed by atoms with Crippen LogP contribution in [-0.2, 0) is 0 Å². The van der Waals surface area contributed by atoms with Crippen molar-refractivity contribution in [2.24, 2.45) is 0 Å². The molecule has 110 valence electrons. The van der Waals surface area contributed by atoms with E-state index in [0.29, 0.717) is 17.7 Å². The molecule has 2 nitrogen and oxygen atoms in total. The molecule has 1 aliphatic rings. The molecular weight excluding hydrogens is 258 g/mol. The summed E-state index contributed by atoms with van der Waals surface area (Å²) in [4.78, 5) is 0. The van der Waals surface area contributed by atoms with Crippen LogP contribution in [0.5, 0.6) is 5.75 Å². The van der Waals surface area contributed by atoms with Gasteiger partial charge in [-0.2, -0.15) is 0 Å². The summed E-state index contributed by atoms with van der Waals surface area (Å²) >= 11 is 0. The third-order valence-corrected chi connectivity index (χ3v) is 4.55. The molecule has 0 spiro atoms. The molecule has 0 bridgehead atoms. The van der Waals surface area contributed by atoms with Crippen molar-refractivity contribution in [2.75, 3.05) is 5.32 Å². The van der Waals surface area contributed by atoms with Gasteiger partial charge in [-0.05, 0) is 68.4 Å². The Bertz CT molecular complexity index is 657. The molecule has 0 unspecified atom stereocenters. The quantitative estimate of drug-likeness (QED) is 0.801. The van der Waals surface area contributed by atoms with Crippen molar-refractivity contribution >= 4 is 5.69 Å². The van der Waals surface area contributed by atoms with E-state index in [1.54, 1.807) is 0 Å². The van der Waals surface area contributed by atoms with Crippen LogP contribution in [0.1, 0.15) is 41.0 Å². The topological polar surface area (TPSA) is 32.3 Å². The first-order valence-corrected chi connectivity index (χ1v) is 7.66. The lowest BCUT2D eigenvalue weighted by molar-refractivity contribution is 0.374. The summed E-state index contributed by atoms with van der Waals surface area (Å²) < 4.78 is 0. The van der Waals surface area contributed by atoms with E-state index in [1.807, 2.05) is 26.0 Å². The molecule has 0 heterocycles. The maximum atomic E-state index is 9.72. The van der Waals surface area contributed by atoms with E-state index in [1.165, 1.54) is 24.0 Å². The molecule has 0 aliphatic heterocycles. The van der Waals surface area contributed by atoms with Crippen molar-refractivity contribution < 1.29 is 5.11 Å². The van der Waals surface area contributed by atoms with Crippen LogP contribution in [0.3, 0.4) is 0 Å². The molecule has 21 heavy (non-hydrogen) atoms. The van der Waals surface area contributed by atoms with Gasteiger partial charge in [-0.1, -0.05) is 29.8 Å². The SMILES string of the molecule is Cc1cccc(C2CC(Nc3cc(C)c(O)cc3C)C2)c1. The Balaban J connectivity index is 1.64. The molecule has 1 fully saturated rings. The first kappa shape index (κ1) is 14.0. The Hall–Kier alpha value is -1.96. The van der Waals surface area contributed by atoms with Crippen LogP contribution in [0.2, 0.25) is 0 Å². The summed E-state index contributed by atoms with van der Waals surface area (Å²) in [6.45, 7) is 6.13. The normalized spacial score (nSPS) is 20.9. The fraction of sp³-hybridized carbons (Fsp3) is 0.368. The van der Waals surface area contributed by atoms with Crippen LogP contribution in [0.15, 0.2) is 36.4 Å². The molecule has 1 saturated carbocycles. The molecule has 0 amide bonds. The fourth-order valence-corrected chi connectivity index (χ4v) is 3.11. The molecule has 1 aliphatic carbocycles. The van der Waals surface area contributed by atoms with Crippen molar-refractivity contribution in [1.82, 2.24) is 0 Å². The van der Waals surface area contributed by atoms with E-state index >= 15 is 0 Å². The van der Waals surface area contributed by atoms with Gasteiger partial charge >= 0.3 is 0 Å². The van der Waals surface area contributed by atoms with Gasteiger partial charge in [-0.25, -0.2) is 0 Å². The second kappa shape index (κ2) is 5.44. The number of hydrogen-bond acceptors (Lipinski definition) is 2. The zero-order chi connectivity index (χ0) is 15.0. The highest BCUT2D eigenvalue weighted by molar-refractivity contribution is 5.57. The summed E-state index contributed by atoms with van der Waals surface area (Å²) in [5.41, 5.74) is 5.99. The van der Waals surface area contributed by atoms with E-state index < -0.39 is 0 Å². The third-order valence-electron chi connectivity index (χ3n) is 4.55. The number of aromatic hydroxyl groups is 1. The molecule has 2 N–H and O–H groups in total. The number of rotatable bonds is 3. The second-order valence-corrected chi connectivity index (χ2v) is 6.38. The number of hydrogen-bond donors (Lipinski definition) is 2. The maximum absolute atomic E-state index is 9.72. The van der Waals surface area contributed by atoms with Gasteiger partial charge < -0.3 is 10.4 Å². The Kier molecular flexibility index (Phi) is 3.62. The van der Waals surface area contributed by atoms with Gasteiger partial charge in [0.05, 0.1) is 0 Å². The van der Waals surface area contributed by atoms with E-state index in [4.69, 9.17) is 0 Å². The van der Waals surface area contributed by atoms with E-state index in [0.717, 1.165) is 16.8 Å². The lowest BCUT2D eigenvalue weighted by atomic mass is 9.75. The molecule has 3 rings (SSSR count). The minimum Gasteiger partial charge on any atom is -0.508 e. The Morgan fingerprint density at radius 2 is 1.76 bits per heavy atom. The maximum Gasteiger partial charge on any atom is 0.118 e. The number of benzene rings is 2. The second-order valence-electron chi connectivity index (χ2n) is 6.38. The number of nitrogens with one attached hydrogen (secondary N) is 1. The van der Waals surface area contributed by atoms with Crippen molar-refractivity contribution in [2.45, 2.75) is 45.6 Å². The monoisotopic (exact) mass is 281 g/mol. The van der Waals surface area contributed by atoms with Gasteiger partial charge in [0, 0.05) is 11.7 Å². The molecule has 2 heteroatoms. The predicted molar refractivity (Wildman–Crippen MR) is 88.1 cm³/mol. The number of anilines is 1. The van der Waals surface area contributed by atoms with Crippen LogP contribution in [-0.4, -0.2) is 11.1 Å². The molecule has 0 radical (unpaired) electrons. The van der Waals surface area contributed by atoms with Crippen LogP contribution >= 0.6 is 0 Å². The van der Waals surface area contributed by atoms with Gasteiger partial charge in [-0.15, -0.1) is 0 Å². The highest BCUT2D eigenvalue weighted by Gasteiger charge is 2.30. The van der Waals surface area contributed by atoms with Gasteiger partial charge in [-0.3, -0.25) is 0 Å². The molecule has 2 aromatic rings. The van der Waals surface area contributed by atoms with Gasteiger partial charge in [0.2, 0.25) is 0 Å². The van der Waals surface area contributed by atoms with Crippen LogP contribution in [0, 0.1) is 20.8 Å². The average molecular weight is 281 g/mol. The number of phenols is 1. The van der Waals surface area contributed by atoms with Gasteiger partial charge in [0.15, 0.2) is 0 Å². The molecule has 0 atom stereocenters. The summed E-state index contributed by atoms with van der Waals surface area (Å²) in [5.74, 6) is 1.06. The summed E-state index contributed by atoms with van der Waals surface area (Å²) in [5, 5.41) is 13.3. The first-order valence-electron chi connectivity index (χ1n) is 7.66. The van der Waals surface area contributed by atoms with E-state index in [9.17, 15) is 5.11 Å². The summed E-state index contributed by atoms with van der Waals surface area (Å²) in [7, 11) is 0. The zero-order valence-electron chi connectivity index (χ0n) is 13.0. The largest absolute Gasteiger partial charge is 0.508 e. The lowest BCUT2D eigenvalue weighted by Gasteiger charge is -2.37. The third kappa shape index (κ3) is 2.90. The lowest BCUT2D eigenvalue weighted by Crippen LogP contribution is -2.34. The molecule has 0 aromatic heterocycles. The Labute approximate surface area is 126 Å². The predicted octanol–water partition coefficient (Wildman–Crippen LogP) is 4.68. The highest BCUT2D eigenvalue weighted by atomic mass is 16.3. The summed E-state index contributed by atoms with van der Waals surface area (Å²) in [6.07, 6.45) is 2.37. The standard InChI is InChI=1S/C19H23NO/c1-12-5-4-6-15(7-12)16-10-17(11-16)20-18-8-14(3)19(21)9-13(18)2/h4-9,16-17,20-21H,10-11H2,1-3H3. The minimum absolute atomic E-state index is 0.379. The van der Waals surface area contributed by atoms with Crippen molar-refractivity contribution in [3.63, 3.8) is 0 Å². The minimum atomic E-state index is 0.379.